The highest BCUT2D eigenvalue weighted by atomic mass is 79.9. The van der Waals surface area contributed by atoms with Gasteiger partial charge in [-0.15, -0.1) is 0 Å². The fraction of sp³-hybridized carbons (Fsp3) is 1.00. The maximum Gasteiger partial charge on any atom is 0.140 e. The number of rotatable bonds is 6. The van der Waals surface area contributed by atoms with E-state index in [0.29, 0.717) is 5.75 Å². The summed E-state index contributed by atoms with van der Waals surface area (Å²) >= 11 is 3.31. The van der Waals surface area contributed by atoms with Gasteiger partial charge in [0.15, 0.2) is 0 Å². The molecule has 0 rings (SSSR count). The predicted octanol–water partition coefficient (Wildman–Crippen LogP) is 1.55. The Kier molecular flexibility index (Phi) is 7.86. The van der Waals surface area contributed by atoms with E-state index in [1.165, 1.54) is 0 Å². The molecule has 0 aromatic rings. The zero-order chi connectivity index (χ0) is 7.82. The molecule has 0 unspecified atom stereocenters. The van der Waals surface area contributed by atoms with E-state index in [0.717, 1.165) is 31.0 Å². The highest BCUT2D eigenvalue weighted by Gasteiger charge is 1.89. The Morgan fingerprint density at radius 1 is 1.00 bits per heavy atom. The highest BCUT2D eigenvalue weighted by Crippen LogP contribution is 2.01. The van der Waals surface area contributed by atoms with Crippen LogP contribution in [0.5, 0.6) is 0 Å². The molecule has 10 heavy (non-hydrogen) atoms. The minimum atomic E-state index is -2.13. The smallest absolute Gasteiger partial charge is 0.140 e. The summed E-state index contributed by atoms with van der Waals surface area (Å²) in [6.07, 6.45) is 4.14. The summed E-state index contributed by atoms with van der Waals surface area (Å²) in [5, 5.41) is 1.02. The Labute approximate surface area is 72.1 Å². The lowest BCUT2D eigenvalue weighted by atomic mass is 10.2. The SMILES string of the molecule is O=[SH](=O)CCCCCCBr. The van der Waals surface area contributed by atoms with Gasteiger partial charge in [-0.05, 0) is 12.8 Å². The fourth-order valence-electron chi connectivity index (χ4n) is 0.689. The van der Waals surface area contributed by atoms with Gasteiger partial charge >= 0.3 is 0 Å². The fourth-order valence-corrected chi connectivity index (χ4v) is 1.57. The van der Waals surface area contributed by atoms with Crippen LogP contribution in [0.25, 0.3) is 0 Å². The molecule has 0 atom stereocenters. The monoisotopic (exact) mass is 228 g/mol. The third-order valence-corrected chi connectivity index (χ3v) is 2.47. The topological polar surface area (TPSA) is 34.1 Å². The standard InChI is InChI=1S/C6H13BrO2S/c7-5-3-1-2-4-6-10(8)9/h10H,1-6H2. The minimum absolute atomic E-state index is 0.359. The van der Waals surface area contributed by atoms with Crippen LogP contribution in [0.4, 0.5) is 0 Å². The number of alkyl halides is 1. The van der Waals surface area contributed by atoms with Crippen LogP contribution < -0.4 is 0 Å². The highest BCUT2D eigenvalue weighted by molar-refractivity contribution is 9.09. The molecule has 0 heterocycles. The molecule has 0 saturated heterocycles. The molecule has 0 bridgehead atoms. The molecular formula is C6H13BrO2S. The zero-order valence-corrected chi connectivity index (χ0v) is 8.36. The predicted molar refractivity (Wildman–Crippen MR) is 47.4 cm³/mol. The van der Waals surface area contributed by atoms with E-state index in [4.69, 9.17) is 0 Å². The molecule has 0 saturated carbocycles. The van der Waals surface area contributed by atoms with Gasteiger partial charge < -0.3 is 0 Å². The largest absolute Gasteiger partial charge is 0.232 e. The van der Waals surface area contributed by atoms with Gasteiger partial charge in [-0.3, -0.25) is 0 Å². The first-order valence-corrected chi connectivity index (χ1v) is 5.93. The lowest BCUT2D eigenvalue weighted by Crippen LogP contribution is -1.87. The Hall–Kier alpha value is 0.430. The van der Waals surface area contributed by atoms with E-state index < -0.39 is 10.7 Å². The van der Waals surface area contributed by atoms with E-state index in [-0.39, 0.29) is 0 Å². The van der Waals surface area contributed by atoms with Crippen molar-refractivity contribution in [2.75, 3.05) is 11.1 Å². The zero-order valence-electron chi connectivity index (χ0n) is 5.88. The Balaban J connectivity index is 2.91. The summed E-state index contributed by atoms with van der Waals surface area (Å²) in [5.74, 6) is 0.359. The van der Waals surface area contributed by atoms with E-state index in [2.05, 4.69) is 15.9 Å². The van der Waals surface area contributed by atoms with Gasteiger partial charge in [0.1, 0.15) is 10.7 Å². The van der Waals surface area contributed by atoms with Crippen LogP contribution in [0.2, 0.25) is 0 Å². The normalized spacial score (nSPS) is 10.6. The van der Waals surface area contributed by atoms with Crippen LogP contribution in [0.3, 0.4) is 0 Å². The molecule has 0 aliphatic heterocycles. The first kappa shape index (κ1) is 10.4. The first-order chi connectivity index (χ1) is 4.77. The van der Waals surface area contributed by atoms with Crippen molar-refractivity contribution in [3.63, 3.8) is 0 Å². The Morgan fingerprint density at radius 2 is 1.60 bits per heavy atom. The van der Waals surface area contributed by atoms with Crippen LogP contribution >= 0.6 is 15.9 Å². The molecule has 0 aromatic heterocycles. The maximum absolute atomic E-state index is 10.1. The summed E-state index contributed by atoms with van der Waals surface area (Å²) in [7, 11) is -2.13. The number of halogens is 1. The van der Waals surface area contributed by atoms with Crippen molar-refractivity contribution in [1.82, 2.24) is 0 Å². The van der Waals surface area contributed by atoms with E-state index in [1.54, 1.807) is 0 Å². The summed E-state index contributed by atoms with van der Waals surface area (Å²) < 4.78 is 20.1. The molecule has 0 spiro atoms. The van der Waals surface area contributed by atoms with Crippen LogP contribution in [0, 0.1) is 0 Å². The second-order valence-corrected chi connectivity index (χ2v) is 4.07. The van der Waals surface area contributed by atoms with Gasteiger partial charge in [0.2, 0.25) is 0 Å². The molecule has 0 radical (unpaired) electrons. The van der Waals surface area contributed by atoms with Gasteiger partial charge in [0.25, 0.3) is 0 Å². The van der Waals surface area contributed by atoms with Gasteiger partial charge in [0, 0.05) is 11.1 Å². The van der Waals surface area contributed by atoms with Gasteiger partial charge in [0.05, 0.1) is 0 Å². The van der Waals surface area contributed by atoms with Crippen LogP contribution in [-0.4, -0.2) is 19.5 Å². The molecule has 0 aliphatic rings. The Bertz CT molecular complexity index is 126. The average molecular weight is 229 g/mol. The number of unbranched alkanes of at least 4 members (excludes halogenated alkanes) is 3. The second-order valence-electron chi connectivity index (χ2n) is 2.16. The molecule has 0 aliphatic carbocycles. The molecular weight excluding hydrogens is 216 g/mol. The van der Waals surface area contributed by atoms with E-state index in [1.807, 2.05) is 0 Å². The van der Waals surface area contributed by atoms with Gasteiger partial charge in [-0.1, -0.05) is 28.8 Å². The molecule has 62 valence electrons. The molecule has 0 N–H and O–H groups in total. The third-order valence-electron chi connectivity index (χ3n) is 1.22. The van der Waals surface area contributed by atoms with Gasteiger partial charge in [-0.2, -0.15) is 0 Å². The first-order valence-electron chi connectivity index (χ1n) is 3.45. The van der Waals surface area contributed by atoms with E-state index >= 15 is 0 Å². The molecule has 0 fully saturated rings. The summed E-state index contributed by atoms with van der Waals surface area (Å²) in [6.45, 7) is 0. The molecule has 2 nitrogen and oxygen atoms in total. The van der Waals surface area contributed by atoms with Crippen LogP contribution in [0.15, 0.2) is 0 Å². The Morgan fingerprint density at radius 3 is 2.10 bits per heavy atom. The molecule has 0 amide bonds. The minimum Gasteiger partial charge on any atom is -0.232 e. The summed E-state index contributed by atoms with van der Waals surface area (Å²) in [6, 6.07) is 0. The van der Waals surface area contributed by atoms with Crippen molar-refractivity contribution in [2.45, 2.75) is 25.7 Å². The second kappa shape index (κ2) is 7.54. The number of thiol groups is 1. The quantitative estimate of drug-likeness (QED) is 0.426. The van der Waals surface area contributed by atoms with Crippen molar-refractivity contribution in [2.24, 2.45) is 0 Å². The van der Waals surface area contributed by atoms with Crippen molar-refractivity contribution in [3.05, 3.63) is 0 Å². The van der Waals surface area contributed by atoms with Crippen LogP contribution in [-0.2, 0) is 10.7 Å². The number of hydrogen-bond acceptors (Lipinski definition) is 2. The third kappa shape index (κ3) is 8.43. The maximum atomic E-state index is 10.1. The number of hydrogen-bond donors (Lipinski definition) is 1. The molecule has 0 aromatic carbocycles. The van der Waals surface area contributed by atoms with Crippen molar-refractivity contribution in [1.29, 1.82) is 0 Å². The van der Waals surface area contributed by atoms with Crippen molar-refractivity contribution < 1.29 is 8.42 Å². The lowest BCUT2D eigenvalue weighted by Gasteiger charge is -1.93. The summed E-state index contributed by atoms with van der Waals surface area (Å²) in [5.41, 5.74) is 0. The van der Waals surface area contributed by atoms with Crippen molar-refractivity contribution >= 4 is 26.6 Å². The lowest BCUT2D eigenvalue weighted by molar-refractivity contribution is 0.607. The van der Waals surface area contributed by atoms with Gasteiger partial charge in [-0.25, -0.2) is 8.42 Å². The summed E-state index contributed by atoms with van der Waals surface area (Å²) in [4.78, 5) is 0. The van der Waals surface area contributed by atoms with E-state index in [9.17, 15) is 8.42 Å². The van der Waals surface area contributed by atoms with Crippen molar-refractivity contribution in [3.8, 4) is 0 Å². The molecule has 4 heteroatoms. The van der Waals surface area contributed by atoms with Crippen LogP contribution in [0.1, 0.15) is 25.7 Å². The average Bonchev–Trinajstić information content (AvgIpc) is 1.87.